The van der Waals surface area contributed by atoms with Gasteiger partial charge in [-0.15, -0.1) is 0 Å². The molecule has 148 valence electrons. The highest BCUT2D eigenvalue weighted by Gasteiger charge is 2.62. The quantitative estimate of drug-likeness (QED) is 0.446. The second kappa shape index (κ2) is 6.30. The Bertz CT molecular complexity index is 772. The van der Waals surface area contributed by atoms with Crippen molar-refractivity contribution in [1.29, 1.82) is 0 Å². The molecule has 1 fully saturated rings. The average molecular weight is 376 g/mol. The van der Waals surface area contributed by atoms with E-state index in [2.05, 4.69) is 0 Å². The molecule has 6 nitrogen and oxygen atoms in total. The Hall–Kier alpha value is -1.95. The largest absolute Gasteiger partial charge is 0.507 e. The van der Waals surface area contributed by atoms with Crippen LogP contribution in [0.15, 0.2) is 22.5 Å². The van der Waals surface area contributed by atoms with Crippen LogP contribution >= 0.6 is 0 Å². The fraction of sp³-hybridized carbons (Fsp3) is 0.667. The number of fused-ring (bicyclic) bond motifs is 2. The number of Topliss-reactive ketones (excluding diaryl/α,β-unsaturated/α-hetero) is 2. The molecule has 0 radical (unpaired) electrons. The van der Waals surface area contributed by atoms with Crippen molar-refractivity contribution in [2.75, 3.05) is 0 Å². The van der Waals surface area contributed by atoms with Crippen LogP contribution in [-0.4, -0.2) is 40.5 Å². The lowest BCUT2D eigenvalue weighted by atomic mass is 9.47. The molecule has 0 spiro atoms. The zero-order valence-corrected chi connectivity index (χ0v) is 16.5. The van der Waals surface area contributed by atoms with Crippen LogP contribution in [0.4, 0.5) is 0 Å². The fourth-order valence-corrected chi connectivity index (χ4v) is 5.87. The Morgan fingerprint density at radius 1 is 1.15 bits per heavy atom. The lowest BCUT2D eigenvalue weighted by Gasteiger charge is -2.58. The third-order valence-corrected chi connectivity index (χ3v) is 6.79. The van der Waals surface area contributed by atoms with Gasteiger partial charge in [-0.05, 0) is 24.2 Å². The van der Waals surface area contributed by atoms with E-state index in [1.54, 1.807) is 13.8 Å². The summed E-state index contributed by atoms with van der Waals surface area (Å²) in [6.07, 6.45) is 0.0615. The first-order chi connectivity index (χ1) is 12.5. The van der Waals surface area contributed by atoms with E-state index in [1.807, 2.05) is 20.8 Å². The van der Waals surface area contributed by atoms with Crippen molar-refractivity contribution in [2.24, 2.45) is 22.7 Å². The van der Waals surface area contributed by atoms with Crippen molar-refractivity contribution >= 4 is 18.0 Å². The molecule has 0 aromatic rings. The van der Waals surface area contributed by atoms with Gasteiger partial charge in [0.2, 0.25) is 11.6 Å². The summed E-state index contributed by atoms with van der Waals surface area (Å²) in [7, 11) is 0. The predicted octanol–water partition coefficient (Wildman–Crippen LogP) is 2.65. The van der Waals surface area contributed by atoms with E-state index in [0.29, 0.717) is 6.42 Å². The molecule has 6 heteroatoms. The molecular weight excluding hydrogens is 348 g/mol. The van der Waals surface area contributed by atoms with Crippen molar-refractivity contribution in [3.05, 3.63) is 22.5 Å². The van der Waals surface area contributed by atoms with E-state index >= 15 is 0 Å². The van der Waals surface area contributed by atoms with Crippen LogP contribution in [-0.2, 0) is 19.1 Å². The van der Waals surface area contributed by atoms with Gasteiger partial charge in [0.05, 0.1) is 6.10 Å². The molecule has 0 amide bonds. The van der Waals surface area contributed by atoms with Gasteiger partial charge in [0.1, 0.15) is 5.76 Å². The van der Waals surface area contributed by atoms with Crippen molar-refractivity contribution in [1.82, 2.24) is 0 Å². The van der Waals surface area contributed by atoms with E-state index in [9.17, 15) is 24.6 Å². The number of aliphatic hydroxyl groups is 2. The molecule has 27 heavy (non-hydrogen) atoms. The van der Waals surface area contributed by atoms with Crippen LogP contribution < -0.4 is 0 Å². The number of hydrogen-bond donors (Lipinski definition) is 2. The fourth-order valence-electron chi connectivity index (χ4n) is 5.87. The molecule has 3 aliphatic rings. The second-order valence-electron chi connectivity index (χ2n) is 9.24. The molecule has 1 saturated carbocycles. The molecule has 2 N–H and O–H groups in total. The minimum atomic E-state index is -1.17. The van der Waals surface area contributed by atoms with Crippen LogP contribution in [0.1, 0.15) is 53.9 Å². The van der Waals surface area contributed by atoms with Gasteiger partial charge in [-0.2, -0.15) is 0 Å². The maximum Gasteiger partial charge on any atom is 0.293 e. The number of ether oxygens (including phenoxy) is 1. The van der Waals surface area contributed by atoms with E-state index in [0.717, 1.165) is 12.8 Å². The summed E-state index contributed by atoms with van der Waals surface area (Å²) in [6, 6.07) is 0. The summed E-state index contributed by atoms with van der Waals surface area (Å²) >= 11 is 0. The van der Waals surface area contributed by atoms with Crippen LogP contribution in [0.25, 0.3) is 0 Å². The van der Waals surface area contributed by atoms with Crippen LogP contribution in [0.3, 0.4) is 0 Å². The molecule has 4 atom stereocenters. The molecule has 0 aliphatic heterocycles. The van der Waals surface area contributed by atoms with Gasteiger partial charge in [-0.1, -0.05) is 41.0 Å². The van der Waals surface area contributed by atoms with Gasteiger partial charge in [-0.25, -0.2) is 0 Å². The van der Waals surface area contributed by atoms with Crippen molar-refractivity contribution in [3.8, 4) is 0 Å². The molecule has 0 unspecified atom stereocenters. The molecule has 3 aliphatic carbocycles. The van der Waals surface area contributed by atoms with Crippen LogP contribution in [0.5, 0.6) is 0 Å². The summed E-state index contributed by atoms with van der Waals surface area (Å²) in [4.78, 5) is 37.1. The first-order valence-corrected chi connectivity index (χ1v) is 9.53. The van der Waals surface area contributed by atoms with E-state index < -0.39 is 29.2 Å². The predicted molar refractivity (Wildman–Crippen MR) is 97.7 cm³/mol. The van der Waals surface area contributed by atoms with E-state index in [4.69, 9.17) is 4.74 Å². The number of rotatable bonds is 3. The van der Waals surface area contributed by atoms with Gasteiger partial charge >= 0.3 is 0 Å². The van der Waals surface area contributed by atoms with Gasteiger partial charge in [0.25, 0.3) is 6.47 Å². The van der Waals surface area contributed by atoms with Crippen molar-refractivity contribution in [3.63, 3.8) is 0 Å². The minimum Gasteiger partial charge on any atom is -0.507 e. The Balaban J connectivity index is 2.36. The Kier molecular flexibility index (Phi) is 4.62. The number of ketones is 2. The summed E-state index contributed by atoms with van der Waals surface area (Å²) < 4.78 is 5.19. The Labute approximate surface area is 159 Å². The molecule has 0 aromatic heterocycles. The molecule has 3 rings (SSSR count). The monoisotopic (exact) mass is 376 g/mol. The maximum absolute atomic E-state index is 13.2. The molecule has 0 saturated heterocycles. The molecule has 0 heterocycles. The first-order valence-electron chi connectivity index (χ1n) is 9.53. The van der Waals surface area contributed by atoms with E-state index in [-0.39, 0.29) is 46.2 Å². The zero-order valence-electron chi connectivity index (χ0n) is 16.5. The SMILES string of the molecule is CC(C)C1=C(O)C2=C(C(=O)C1=O)[C@@]1(C)CCCC(C)(C)[C@H]1[C@H](O)[C@H]2OC=O. The lowest BCUT2D eigenvalue weighted by molar-refractivity contribution is -0.156. The summed E-state index contributed by atoms with van der Waals surface area (Å²) in [5, 5.41) is 22.1. The molecular formula is C21H28O6. The van der Waals surface area contributed by atoms with Gasteiger partial charge in [0, 0.05) is 28.1 Å². The number of allylic oxidation sites excluding steroid dienone is 2. The van der Waals surface area contributed by atoms with Crippen molar-refractivity contribution in [2.45, 2.75) is 66.1 Å². The molecule has 0 aromatic carbocycles. The van der Waals surface area contributed by atoms with Crippen LogP contribution in [0, 0.1) is 22.7 Å². The van der Waals surface area contributed by atoms with E-state index in [1.165, 1.54) is 0 Å². The Morgan fingerprint density at radius 3 is 2.33 bits per heavy atom. The van der Waals surface area contributed by atoms with Crippen molar-refractivity contribution < 1.29 is 29.3 Å². The third kappa shape index (κ3) is 2.60. The molecule has 0 bridgehead atoms. The number of carbonyl (C=O) groups is 3. The summed E-state index contributed by atoms with van der Waals surface area (Å²) in [5.74, 6) is -2.43. The summed E-state index contributed by atoms with van der Waals surface area (Å²) in [6.45, 7) is 9.57. The normalized spacial score (nSPS) is 35.9. The highest BCUT2D eigenvalue weighted by molar-refractivity contribution is 6.50. The minimum absolute atomic E-state index is 0.0163. The van der Waals surface area contributed by atoms with Crippen LogP contribution in [0.2, 0.25) is 0 Å². The van der Waals surface area contributed by atoms with Gasteiger partial charge in [-0.3, -0.25) is 14.4 Å². The standard InChI is InChI=1S/C21H28O6/c1-10(2)11-14(23)12-13(16(25)15(11)24)21(5)8-6-7-20(3,4)19(21)17(26)18(12)27-9-22/h9-10,17-19,23,26H,6-8H2,1-5H3/t17-,18+,19-,21-/m1/s1. The number of hydrogen-bond acceptors (Lipinski definition) is 6. The maximum atomic E-state index is 13.2. The Morgan fingerprint density at radius 2 is 1.78 bits per heavy atom. The number of carbonyl (C=O) groups excluding carboxylic acids is 3. The van der Waals surface area contributed by atoms with Gasteiger partial charge in [0.15, 0.2) is 6.10 Å². The smallest absolute Gasteiger partial charge is 0.293 e. The topological polar surface area (TPSA) is 101 Å². The highest BCUT2D eigenvalue weighted by Crippen LogP contribution is 2.61. The van der Waals surface area contributed by atoms with Gasteiger partial charge < -0.3 is 14.9 Å². The first kappa shape index (κ1) is 19.8. The number of aliphatic hydroxyl groups excluding tert-OH is 2. The highest BCUT2D eigenvalue weighted by atomic mass is 16.5. The average Bonchev–Trinajstić information content (AvgIpc) is 2.54. The lowest BCUT2D eigenvalue weighted by Crippen LogP contribution is -2.60. The third-order valence-electron chi connectivity index (χ3n) is 6.79. The summed E-state index contributed by atoms with van der Waals surface area (Å²) in [5.41, 5.74) is -0.759. The zero-order chi connectivity index (χ0) is 20.3. The second-order valence-corrected chi connectivity index (χ2v) is 9.24.